The number of hydrogen-bond donors (Lipinski definition) is 1. The van der Waals surface area contributed by atoms with Crippen LogP contribution < -0.4 is 5.32 Å². The molecular weight excluding hydrogens is 388 g/mol. The highest BCUT2D eigenvalue weighted by Gasteiger charge is 2.25. The van der Waals surface area contributed by atoms with E-state index in [0.29, 0.717) is 31.6 Å². The summed E-state index contributed by atoms with van der Waals surface area (Å²) in [5.41, 5.74) is 4.29. The fourth-order valence-corrected chi connectivity index (χ4v) is 4.32. The summed E-state index contributed by atoms with van der Waals surface area (Å²) in [7, 11) is -3.23. The third-order valence-corrected chi connectivity index (χ3v) is 6.32. The summed E-state index contributed by atoms with van der Waals surface area (Å²) in [4.78, 5) is 12.7. The Morgan fingerprint density at radius 2 is 1.93 bits per heavy atom. The lowest BCUT2D eigenvalue weighted by atomic mass is 9.99. The van der Waals surface area contributed by atoms with Gasteiger partial charge in [-0.3, -0.25) is 9.48 Å². The highest BCUT2D eigenvalue weighted by molar-refractivity contribution is 7.88. The Hall–Kier alpha value is -2.97. The molecule has 1 amide bonds. The Labute approximate surface area is 170 Å². The predicted molar refractivity (Wildman–Crippen MR) is 111 cm³/mol. The molecule has 0 bridgehead atoms. The molecule has 1 aliphatic rings. The number of fused-ring (bicyclic) bond motifs is 1. The van der Waals surface area contributed by atoms with Gasteiger partial charge in [0.15, 0.2) is 0 Å². The molecule has 0 unspecified atom stereocenters. The first-order chi connectivity index (χ1) is 13.9. The van der Waals surface area contributed by atoms with Crippen LogP contribution >= 0.6 is 0 Å². The van der Waals surface area contributed by atoms with Crippen molar-refractivity contribution in [1.82, 2.24) is 14.1 Å². The molecule has 29 heavy (non-hydrogen) atoms. The zero-order chi connectivity index (χ0) is 20.4. The summed E-state index contributed by atoms with van der Waals surface area (Å²) in [6.07, 6.45) is 5.42. The largest absolute Gasteiger partial charge is 0.322 e. The van der Waals surface area contributed by atoms with Gasteiger partial charge in [0, 0.05) is 36.7 Å². The van der Waals surface area contributed by atoms with Gasteiger partial charge in [-0.25, -0.2) is 8.42 Å². The molecule has 1 N–H and O–H groups in total. The molecule has 0 saturated carbocycles. The van der Waals surface area contributed by atoms with Gasteiger partial charge in [0.1, 0.15) is 0 Å². The zero-order valence-corrected chi connectivity index (χ0v) is 16.9. The molecule has 1 aliphatic heterocycles. The van der Waals surface area contributed by atoms with E-state index in [1.165, 1.54) is 10.6 Å². The van der Waals surface area contributed by atoms with Crippen molar-refractivity contribution in [3.05, 3.63) is 83.2 Å². The summed E-state index contributed by atoms with van der Waals surface area (Å²) < 4.78 is 26.9. The fourth-order valence-electron chi connectivity index (χ4n) is 3.52. The topological polar surface area (TPSA) is 84.3 Å². The van der Waals surface area contributed by atoms with Gasteiger partial charge in [0.2, 0.25) is 10.0 Å². The number of amides is 1. The highest BCUT2D eigenvalue weighted by atomic mass is 32.2. The Kier molecular flexibility index (Phi) is 5.21. The quantitative estimate of drug-likeness (QED) is 0.700. The monoisotopic (exact) mass is 410 g/mol. The van der Waals surface area contributed by atoms with Gasteiger partial charge < -0.3 is 5.32 Å². The normalized spacial score (nSPS) is 14.4. The van der Waals surface area contributed by atoms with Crippen LogP contribution in [-0.4, -0.2) is 41.2 Å². The van der Waals surface area contributed by atoms with E-state index in [-0.39, 0.29) is 5.91 Å². The molecule has 0 fully saturated rings. The van der Waals surface area contributed by atoms with E-state index >= 15 is 0 Å². The van der Waals surface area contributed by atoms with Crippen LogP contribution in [0.4, 0.5) is 5.69 Å². The summed E-state index contributed by atoms with van der Waals surface area (Å²) in [6.45, 7) is 1.40. The molecule has 2 aromatic carbocycles. The van der Waals surface area contributed by atoms with Gasteiger partial charge in [-0.2, -0.15) is 9.40 Å². The minimum absolute atomic E-state index is 0.186. The molecule has 4 rings (SSSR count). The maximum absolute atomic E-state index is 12.7. The number of benzene rings is 2. The predicted octanol–water partition coefficient (Wildman–Crippen LogP) is 2.50. The lowest BCUT2D eigenvalue weighted by Gasteiger charge is -2.28. The first-order valence-corrected chi connectivity index (χ1v) is 11.2. The maximum Gasteiger partial charge on any atom is 0.255 e. The first-order valence-electron chi connectivity index (χ1n) is 9.34. The average Bonchev–Trinajstić information content (AvgIpc) is 3.21. The Balaban J connectivity index is 1.48. The van der Waals surface area contributed by atoms with E-state index in [1.54, 1.807) is 18.3 Å². The molecule has 0 spiro atoms. The van der Waals surface area contributed by atoms with Gasteiger partial charge >= 0.3 is 0 Å². The number of anilines is 1. The second-order valence-corrected chi connectivity index (χ2v) is 9.13. The van der Waals surface area contributed by atoms with E-state index < -0.39 is 10.0 Å². The minimum Gasteiger partial charge on any atom is -0.322 e. The summed E-state index contributed by atoms with van der Waals surface area (Å²) in [6, 6.07) is 14.9. The van der Waals surface area contributed by atoms with E-state index in [1.807, 2.05) is 47.3 Å². The number of sulfonamides is 1. The SMILES string of the molecule is CS(=O)(=O)N1CCc2c(cccc2NC(=O)c2ccc(Cn3cccn3)cc2)C1. The number of hydrogen-bond acceptors (Lipinski definition) is 4. The van der Waals surface area contributed by atoms with Crippen molar-refractivity contribution in [3.63, 3.8) is 0 Å². The molecule has 7 nitrogen and oxygen atoms in total. The second-order valence-electron chi connectivity index (χ2n) is 7.14. The lowest BCUT2D eigenvalue weighted by Crippen LogP contribution is -2.35. The zero-order valence-electron chi connectivity index (χ0n) is 16.1. The van der Waals surface area contributed by atoms with Crippen LogP contribution in [0.5, 0.6) is 0 Å². The number of nitrogens with zero attached hydrogens (tertiary/aromatic N) is 3. The van der Waals surface area contributed by atoms with Crippen molar-refractivity contribution >= 4 is 21.6 Å². The van der Waals surface area contributed by atoms with E-state index in [0.717, 1.165) is 22.4 Å². The van der Waals surface area contributed by atoms with Crippen molar-refractivity contribution in [2.75, 3.05) is 18.1 Å². The van der Waals surface area contributed by atoms with Crippen molar-refractivity contribution in [2.45, 2.75) is 19.5 Å². The average molecular weight is 410 g/mol. The van der Waals surface area contributed by atoms with Crippen LogP contribution in [0.2, 0.25) is 0 Å². The second kappa shape index (κ2) is 7.81. The molecule has 0 saturated heterocycles. The molecule has 0 aliphatic carbocycles. The van der Waals surface area contributed by atoms with Gasteiger partial charge in [-0.05, 0) is 47.4 Å². The number of aromatic nitrogens is 2. The Bertz CT molecular complexity index is 1120. The van der Waals surface area contributed by atoms with Gasteiger partial charge in [0.25, 0.3) is 5.91 Å². The highest BCUT2D eigenvalue weighted by Crippen LogP contribution is 2.27. The molecule has 150 valence electrons. The molecule has 1 aromatic heterocycles. The van der Waals surface area contributed by atoms with E-state index in [4.69, 9.17) is 0 Å². The third-order valence-electron chi connectivity index (χ3n) is 5.07. The summed E-state index contributed by atoms with van der Waals surface area (Å²) in [5.74, 6) is -0.186. The number of rotatable bonds is 5. The van der Waals surface area contributed by atoms with Crippen molar-refractivity contribution in [3.8, 4) is 0 Å². The van der Waals surface area contributed by atoms with E-state index in [2.05, 4.69) is 10.4 Å². The summed E-state index contributed by atoms with van der Waals surface area (Å²) in [5, 5.41) is 7.16. The van der Waals surface area contributed by atoms with Gasteiger partial charge in [-0.1, -0.05) is 24.3 Å². The van der Waals surface area contributed by atoms with Crippen LogP contribution in [0.3, 0.4) is 0 Å². The molecule has 3 aromatic rings. The molecule has 0 atom stereocenters. The number of nitrogens with one attached hydrogen (secondary N) is 1. The smallest absolute Gasteiger partial charge is 0.255 e. The summed E-state index contributed by atoms with van der Waals surface area (Å²) >= 11 is 0. The first kappa shape index (κ1) is 19.4. The third kappa shape index (κ3) is 4.38. The van der Waals surface area contributed by atoms with Crippen LogP contribution in [-0.2, 0) is 29.5 Å². The maximum atomic E-state index is 12.7. The van der Waals surface area contributed by atoms with Crippen molar-refractivity contribution < 1.29 is 13.2 Å². The van der Waals surface area contributed by atoms with Crippen molar-refractivity contribution in [2.24, 2.45) is 0 Å². The lowest BCUT2D eigenvalue weighted by molar-refractivity contribution is 0.102. The van der Waals surface area contributed by atoms with E-state index in [9.17, 15) is 13.2 Å². The van der Waals surface area contributed by atoms with Crippen LogP contribution in [0, 0.1) is 0 Å². The van der Waals surface area contributed by atoms with Crippen LogP contribution in [0.1, 0.15) is 27.0 Å². The molecular formula is C21H22N4O3S. The van der Waals surface area contributed by atoms with Gasteiger partial charge in [0.05, 0.1) is 12.8 Å². The van der Waals surface area contributed by atoms with Crippen LogP contribution in [0.15, 0.2) is 60.9 Å². The number of carbonyl (C=O) groups excluding carboxylic acids is 1. The Morgan fingerprint density at radius 3 is 2.62 bits per heavy atom. The molecule has 0 radical (unpaired) electrons. The molecule has 8 heteroatoms. The minimum atomic E-state index is -3.23. The number of carbonyl (C=O) groups is 1. The molecule has 2 heterocycles. The van der Waals surface area contributed by atoms with Gasteiger partial charge in [-0.15, -0.1) is 0 Å². The standard InChI is InChI=1S/C21H22N4O3S/c1-29(27,28)25-13-10-19-18(15-25)4-2-5-20(19)23-21(26)17-8-6-16(7-9-17)14-24-12-3-11-22-24/h2-9,11-12H,10,13-15H2,1H3,(H,23,26). The van der Waals surface area contributed by atoms with Crippen molar-refractivity contribution in [1.29, 1.82) is 0 Å². The fraction of sp³-hybridized carbons (Fsp3) is 0.238. The Morgan fingerprint density at radius 1 is 1.14 bits per heavy atom. The van der Waals surface area contributed by atoms with Crippen LogP contribution in [0.25, 0.3) is 0 Å².